The highest BCUT2D eigenvalue weighted by Crippen LogP contribution is 2.28. The summed E-state index contributed by atoms with van der Waals surface area (Å²) in [5, 5.41) is 13.9. The van der Waals surface area contributed by atoms with E-state index < -0.39 is 23.2 Å². The van der Waals surface area contributed by atoms with Crippen molar-refractivity contribution in [1.29, 1.82) is 0 Å². The molecule has 0 saturated heterocycles. The van der Waals surface area contributed by atoms with Crippen LogP contribution in [0.5, 0.6) is 0 Å². The quantitative estimate of drug-likeness (QED) is 0.627. The van der Waals surface area contributed by atoms with Crippen LogP contribution in [-0.4, -0.2) is 21.9 Å². The summed E-state index contributed by atoms with van der Waals surface area (Å²) in [7, 11) is 0. The van der Waals surface area contributed by atoms with Crippen LogP contribution in [-0.2, 0) is 4.79 Å². The van der Waals surface area contributed by atoms with Crippen LogP contribution in [0.1, 0.15) is 0 Å². The molecule has 0 bridgehead atoms. The van der Waals surface area contributed by atoms with Gasteiger partial charge in [-0.05, 0) is 24.3 Å². The molecule has 128 valence electrons. The first-order valence-electron chi connectivity index (χ1n) is 7.14. The molecule has 2 N–H and O–H groups in total. The van der Waals surface area contributed by atoms with Crippen LogP contribution < -0.4 is 10.6 Å². The fourth-order valence-corrected chi connectivity index (χ4v) is 3.46. The van der Waals surface area contributed by atoms with Gasteiger partial charge in [-0.15, -0.1) is 10.2 Å². The van der Waals surface area contributed by atoms with Gasteiger partial charge in [0.05, 0.1) is 5.75 Å². The van der Waals surface area contributed by atoms with Crippen molar-refractivity contribution >= 4 is 45.5 Å². The number of nitrogens with one attached hydrogen (secondary N) is 2. The maximum atomic E-state index is 13.5. The highest BCUT2D eigenvalue weighted by molar-refractivity contribution is 8.01. The van der Waals surface area contributed by atoms with E-state index in [2.05, 4.69) is 20.8 Å². The molecule has 0 spiro atoms. The third kappa shape index (κ3) is 4.74. The molecule has 3 rings (SSSR count). The lowest BCUT2D eigenvalue weighted by Gasteiger charge is -2.06. The number of thioether (sulfide) groups is 1. The molecule has 0 aliphatic carbocycles. The first-order chi connectivity index (χ1) is 12.1. The second kappa shape index (κ2) is 8.04. The van der Waals surface area contributed by atoms with E-state index in [1.807, 2.05) is 30.3 Å². The van der Waals surface area contributed by atoms with Crippen LogP contribution in [0.2, 0.25) is 0 Å². The molecule has 1 amide bonds. The standard InChI is InChI=1S/C16H12F2N4OS2/c17-11-7-4-8-12(18)14(11)20-13(23)9-24-16-22-21-15(25-16)19-10-5-2-1-3-6-10/h1-8H,9H2,(H,19,21)(H,20,23). The first kappa shape index (κ1) is 17.3. The van der Waals surface area contributed by atoms with E-state index in [1.165, 1.54) is 17.4 Å². The van der Waals surface area contributed by atoms with Crippen LogP contribution in [0.3, 0.4) is 0 Å². The van der Waals surface area contributed by atoms with Crippen LogP contribution in [0, 0.1) is 11.6 Å². The van der Waals surface area contributed by atoms with Crippen molar-refractivity contribution in [3.05, 3.63) is 60.2 Å². The number of amides is 1. The van der Waals surface area contributed by atoms with Crippen molar-refractivity contribution in [2.24, 2.45) is 0 Å². The summed E-state index contributed by atoms with van der Waals surface area (Å²) < 4.78 is 27.6. The summed E-state index contributed by atoms with van der Waals surface area (Å²) in [6, 6.07) is 12.9. The molecule has 1 heterocycles. The third-order valence-corrected chi connectivity index (χ3v) is 4.96. The Balaban J connectivity index is 1.54. The number of aromatic nitrogens is 2. The largest absolute Gasteiger partial charge is 0.330 e. The van der Waals surface area contributed by atoms with E-state index >= 15 is 0 Å². The summed E-state index contributed by atoms with van der Waals surface area (Å²) in [4.78, 5) is 11.9. The van der Waals surface area contributed by atoms with Crippen molar-refractivity contribution < 1.29 is 13.6 Å². The van der Waals surface area contributed by atoms with Gasteiger partial charge in [0.15, 0.2) is 4.34 Å². The van der Waals surface area contributed by atoms with Gasteiger partial charge in [-0.2, -0.15) is 0 Å². The van der Waals surface area contributed by atoms with Crippen LogP contribution in [0.25, 0.3) is 0 Å². The molecular weight excluding hydrogens is 366 g/mol. The molecular formula is C16H12F2N4OS2. The third-order valence-electron chi connectivity index (χ3n) is 2.99. The van der Waals surface area contributed by atoms with Gasteiger partial charge in [-0.1, -0.05) is 47.4 Å². The molecule has 1 aromatic heterocycles. The maximum Gasteiger partial charge on any atom is 0.234 e. The van der Waals surface area contributed by atoms with E-state index in [9.17, 15) is 13.6 Å². The Morgan fingerprint density at radius 3 is 2.48 bits per heavy atom. The normalized spacial score (nSPS) is 10.5. The summed E-state index contributed by atoms with van der Waals surface area (Å²) in [6.45, 7) is 0. The van der Waals surface area contributed by atoms with E-state index in [0.717, 1.165) is 29.6 Å². The van der Waals surface area contributed by atoms with Crippen molar-refractivity contribution in [2.45, 2.75) is 4.34 Å². The predicted molar refractivity (Wildman–Crippen MR) is 95.3 cm³/mol. The molecule has 9 heteroatoms. The second-order valence-electron chi connectivity index (χ2n) is 4.80. The highest BCUT2D eigenvalue weighted by atomic mass is 32.2. The zero-order valence-corrected chi connectivity index (χ0v) is 14.3. The Labute approximate surface area is 150 Å². The molecule has 0 unspecified atom stereocenters. The lowest BCUT2D eigenvalue weighted by Crippen LogP contribution is -2.16. The van der Waals surface area contributed by atoms with Crippen molar-refractivity contribution in [2.75, 3.05) is 16.4 Å². The van der Waals surface area contributed by atoms with Gasteiger partial charge in [0.1, 0.15) is 17.3 Å². The molecule has 0 aliphatic rings. The van der Waals surface area contributed by atoms with E-state index in [0.29, 0.717) is 9.47 Å². The molecule has 25 heavy (non-hydrogen) atoms. The van der Waals surface area contributed by atoms with Crippen LogP contribution in [0.4, 0.5) is 25.3 Å². The number of para-hydroxylation sites is 2. The minimum absolute atomic E-state index is 0.0340. The fraction of sp³-hybridized carbons (Fsp3) is 0.0625. The van der Waals surface area contributed by atoms with Crippen LogP contribution >= 0.6 is 23.1 Å². The Kier molecular flexibility index (Phi) is 5.56. The number of carbonyl (C=O) groups is 1. The van der Waals surface area contributed by atoms with Crippen molar-refractivity contribution in [1.82, 2.24) is 10.2 Å². The second-order valence-corrected chi connectivity index (χ2v) is 7.00. The van der Waals surface area contributed by atoms with Gasteiger partial charge in [0.25, 0.3) is 0 Å². The summed E-state index contributed by atoms with van der Waals surface area (Å²) >= 11 is 2.42. The molecule has 3 aromatic rings. The number of halogens is 2. The van der Waals surface area contributed by atoms with Gasteiger partial charge >= 0.3 is 0 Å². The Morgan fingerprint density at radius 1 is 1.04 bits per heavy atom. The van der Waals surface area contributed by atoms with Gasteiger partial charge in [-0.25, -0.2) is 8.78 Å². The van der Waals surface area contributed by atoms with E-state index in [-0.39, 0.29) is 5.75 Å². The minimum atomic E-state index is -0.816. The molecule has 5 nitrogen and oxygen atoms in total. The summed E-state index contributed by atoms with van der Waals surface area (Å²) in [5.74, 6) is -2.19. The number of anilines is 3. The SMILES string of the molecule is O=C(CSc1nnc(Nc2ccccc2)s1)Nc1c(F)cccc1F. The number of nitrogens with zero attached hydrogens (tertiary/aromatic N) is 2. The smallest absolute Gasteiger partial charge is 0.234 e. The van der Waals surface area contributed by atoms with Crippen molar-refractivity contribution in [3.63, 3.8) is 0 Å². The summed E-state index contributed by atoms with van der Waals surface area (Å²) in [5.41, 5.74) is 0.430. The molecule has 0 radical (unpaired) electrons. The topological polar surface area (TPSA) is 66.9 Å². The highest BCUT2D eigenvalue weighted by Gasteiger charge is 2.13. The lowest BCUT2D eigenvalue weighted by molar-refractivity contribution is -0.113. The minimum Gasteiger partial charge on any atom is -0.330 e. The number of hydrogen-bond acceptors (Lipinski definition) is 6. The molecule has 0 saturated carbocycles. The number of rotatable bonds is 6. The van der Waals surface area contributed by atoms with Crippen molar-refractivity contribution in [3.8, 4) is 0 Å². The predicted octanol–water partition coefficient (Wildman–Crippen LogP) is 4.29. The average Bonchev–Trinajstić information content (AvgIpc) is 3.05. The number of hydrogen-bond donors (Lipinski definition) is 2. The van der Waals surface area contributed by atoms with Gasteiger partial charge < -0.3 is 10.6 Å². The molecule has 0 aliphatic heterocycles. The zero-order chi connectivity index (χ0) is 17.6. The summed E-state index contributed by atoms with van der Waals surface area (Å²) in [6.07, 6.45) is 0. The molecule has 0 atom stereocenters. The zero-order valence-electron chi connectivity index (χ0n) is 12.7. The fourth-order valence-electron chi connectivity index (χ4n) is 1.88. The van der Waals surface area contributed by atoms with Gasteiger partial charge in [0, 0.05) is 5.69 Å². The van der Waals surface area contributed by atoms with E-state index in [4.69, 9.17) is 0 Å². The lowest BCUT2D eigenvalue weighted by atomic mass is 10.3. The van der Waals surface area contributed by atoms with Crippen LogP contribution in [0.15, 0.2) is 52.9 Å². The number of carbonyl (C=O) groups excluding carboxylic acids is 1. The van der Waals surface area contributed by atoms with Gasteiger partial charge in [-0.3, -0.25) is 4.79 Å². The average molecular weight is 378 g/mol. The van der Waals surface area contributed by atoms with E-state index in [1.54, 1.807) is 0 Å². The molecule has 0 fully saturated rings. The Morgan fingerprint density at radius 2 is 1.76 bits per heavy atom. The Hall–Kier alpha value is -2.52. The van der Waals surface area contributed by atoms with Gasteiger partial charge in [0.2, 0.25) is 11.0 Å². The number of benzene rings is 2. The Bertz CT molecular complexity index is 853. The maximum absolute atomic E-state index is 13.5. The monoisotopic (exact) mass is 378 g/mol. The first-order valence-corrected chi connectivity index (χ1v) is 8.94. The molecule has 2 aromatic carbocycles.